The van der Waals surface area contributed by atoms with E-state index < -0.39 is 11.4 Å². The van der Waals surface area contributed by atoms with Crippen LogP contribution in [0.2, 0.25) is 0 Å². The number of benzene rings is 6. The van der Waals surface area contributed by atoms with Crippen LogP contribution in [-0.2, 0) is 11.4 Å². The van der Waals surface area contributed by atoms with Crippen LogP contribution in [0.3, 0.4) is 0 Å². The van der Waals surface area contributed by atoms with E-state index in [1.807, 2.05) is 48.8 Å². The molecule has 6 rings (SSSR count). The van der Waals surface area contributed by atoms with Gasteiger partial charge in [0.05, 0.1) is 11.4 Å². The van der Waals surface area contributed by atoms with Gasteiger partial charge in [0, 0.05) is 23.6 Å². The summed E-state index contributed by atoms with van der Waals surface area (Å²) in [6, 6.07) is 46.0. The zero-order valence-electron chi connectivity index (χ0n) is 21.3. The van der Waals surface area contributed by atoms with E-state index in [4.69, 9.17) is 40.1 Å². The summed E-state index contributed by atoms with van der Waals surface area (Å²) in [6.45, 7) is 0. The fourth-order valence-electron chi connectivity index (χ4n) is 4.63. The van der Waals surface area contributed by atoms with E-state index >= 15 is 0 Å². The number of hydrogen-bond acceptors (Lipinski definition) is 2. The van der Waals surface area contributed by atoms with Crippen LogP contribution in [0.15, 0.2) is 143 Å². The van der Waals surface area contributed by atoms with Gasteiger partial charge in [-0.05, 0) is 44.8 Å². The van der Waals surface area contributed by atoms with E-state index in [1.165, 1.54) is 10.8 Å². The van der Waals surface area contributed by atoms with Crippen molar-refractivity contribution in [2.24, 2.45) is 9.98 Å². The SMILES string of the molecule is C(=Nc1ccc2ccccc2c1-c1c(N=Cc2ccccc2)ccc2ccccc12)c1ccccc1.[Cl][Cr]([Cl])[Cl]. The summed E-state index contributed by atoms with van der Waals surface area (Å²) in [5.74, 6) is 0. The number of halogens is 3. The minimum atomic E-state index is -1.62. The van der Waals surface area contributed by atoms with E-state index in [1.54, 1.807) is 0 Å². The molecule has 0 saturated heterocycles. The third-order valence-electron chi connectivity index (χ3n) is 6.37. The van der Waals surface area contributed by atoms with Gasteiger partial charge in [0.1, 0.15) is 0 Å². The molecule has 0 heterocycles. The maximum absolute atomic E-state index is 4.99. The van der Waals surface area contributed by atoms with E-state index in [0.29, 0.717) is 0 Å². The molecule has 0 bridgehead atoms. The van der Waals surface area contributed by atoms with Gasteiger partial charge in [-0.25, -0.2) is 0 Å². The quantitative estimate of drug-likeness (QED) is 0.172. The summed E-state index contributed by atoms with van der Waals surface area (Å²) in [7, 11) is 14.8. The molecule has 40 heavy (non-hydrogen) atoms. The molecule has 6 heteroatoms. The van der Waals surface area contributed by atoms with E-state index in [9.17, 15) is 0 Å². The molecule has 0 aromatic heterocycles. The molecule has 0 unspecified atom stereocenters. The fourth-order valence-corrected chi connectivity index (χ4v) is 4.63. The number of nitrogens with zero attached hydrogens (tertiary/aromatic N) is 2. The number of hydrogen-bond donors (Lipinski definition) is 0. The molecule has 0 radical (unpaired) electrons. The zero-order valence-corrected chi connectivity index (χ0v) is 24.8. The van der Waals surface area contributed by atoms with Crippen molar-refractivity contribution in [2.45, 2.75) is 0 Å². The normalized spacial score (nSPS) is 11.4. The first-order valence-electron chi connectivity index (χ1n) is 12.6. The number of rotatable bonds is 5. The van der Waals surface area contributed by atoms with Crippen molar-refractivity contribution in [1.82, 2.24) is 0 Å². The Morgan fingerprint density at radius 1 is 0.425 bits per heavy atom. The Balaban J connectivity index is 0.000000758. The second-order valence-corrected chi connectivity index (χ2v) is 15.2. The van der Waals surface area contributed by atoms with Crippen molar-refractivity contribution < 1.29 is 11.4 Å². The van der Waals surface area contributed by atoms with Crippen molar-refractivity contribution >= 4 is 75.5 Å². The molecule has 0 fully saturated rings. The zero-order chi connectivity index (χ0) is 27.7. The molecule has 0 amide bonds. The average molecular weight is 619 g/mol. The second-order valence-electron chi connectivity index (χ2n) is 8.87. The average Bonchev–Trinajstić information content (AvgIpc) is 2.99. The molecule has 6 aromatic rings. The summed E-state index contributed by atoms with van der Waals surface area (Å²) in [4.78, 5) is 9.98. The van der Waals surface area contributed by atoms with Gasteiger partial charge in [-0.1, -0.05) is 121 Å². The summed E-state index contributed by atoms with van der Waals surface area (Å²) < 4.78 is 0. The Labute approximate surface area is 251 Å². The summed E-state index contributed by atoms with van der Waals surface area (Å²) in [6.07, 6.45) is 3.87. The van der Waals surface area contributed by atoms with Gasteiger partial charge >= 0.3 is 41.5 Å². The molecule has 2 nitrogen and oxygen atoms in total. The standard InChI is InChI=1S/C34H24N2.3ClH.Cr/c1-3-11-25(12-4-1)23-35-31-21-19-27-15-7-9-17-29(27)33(31)34-30-18-10-8-16-28(30)20-22-32(34)36-24-26-13-5-2-6-14-26;;;;/h1-24H;3*1H;/q;;;;+3/p-3. The van der Waals surface area contributed by atoms with Crippen LogP contribution < -0.4 is 0 Å². The van der Waals surface area contributed by atoms with Gasteiger partial charge in [-0.3, -0.25) is 9.98 Å². The molecule has 197 valence electrons. The van der Waals surface area contributed by atoms with Crippen LogP contribution in [0.4, 0.5) is 11.4 Å². The molecule has 0 aliphatic rings. The maximum atomic E-state index is 4.99. The minimum absolute atomic E-state index is 0.921. The van der Waals surface area contributed by atoms with Gasteiger partial charge in [0.25, 0.3) is 0 Å². The Bertz CT molecular complexity index is 1650. The second kappa shape index (κ2) is 13.8. The van der Waals surface area contributed by atoms with Crippen LogP contribution in [0.25, 0.3) is 32.7 Å². The van der Waals surface area contributed by atoms with Crippen molar-refractivity contribution in [2.75, 3.05) is 0 Å². The molecule has 0 saturated carbocycles. The topological polar surface area (TPSA) is 24.7 Å². The third-order valence-corrected chi connectivity index (χ3v) is 6.37. The molecule has 0 spiro atoms. The van der Waals surface area contributed by atoms with Crippen LogP contribution in [0.1, 0.15) is 11.1 Å². The van der Waals surface area contributed by atoms with Crippen LogP contribution >= 0.6 is 30.1 Å². The predicted molar refractivity (Wildman–Crippen MR) is 172 cm³/mol. The predicted octanol–water partition coefficient (Wildman–Crippen LogP) is 11.2. The molecule has 6 aromatic carbocycles. The van der Waals surface area contributed by atoms with Crippen LogP contribution in [0.5, 0.6) is 0 Å². The van der Waals surface area contributed by atoms with Crippen LogP contribution in [0, 0.1) is 0 Å². The van der Waals surface area contributed by atoms with E-state index in [2.05, 4.69) is 97.1 Å². The Morgan fingerprint density at radius 2 is 0.775 bits per heavy atom. The third kappa shape index (κ3) is 7.01. The van der Waals surface area contributed by atoms with E-state index in [0.717, 1.165) is 44.4 Å². The Kier molecular flexibility index (Phi) is 9.68. The molecule has 0 aliphatic heterocycles. The molecule has 0 atom stereocenters. The molecule has 0 N–H and O–H groups in total. The Morgan fingerprint density at radius 3 is 1.18 bits per heavy atom. The van der Waals surface area contributed by atoms with Crippen molar-refractivity contribution in [3.05, 3.63) is 145 Å². The first-order valence-corrected chi connectivity index (χ1v) is 17.8. The van der Waals surface area contributed by atoms with Crippen LogP contribution in [-0.4, -0.2) is 12.4 Å². The number of fused-ring (bicyclic) bond motifs is 2. The monoisotopic (exact) mass is 617 g/mol. The summed E-state index contributed by atoms with van der Waals surface area (Å²) in [5, 5.41) is 4.68. The molecular weight excluding hydrogens is 595 g/mol. The van der Waals surface area contributed by atoms with Crippen molar-refractivity contribution in [1.29, 1.82) is 0 Å². The molecular formula is C34H24Cl3CrN2. The van der Waals surface area contributed by atoms with Crippen molar-refractivity contribution in [3.8, 4) is 11.1 Å². The first-order chi connectivity index (χ1) is 19.6. The van der Waals surface area contributed by atoms with Gasteiger partial charge in [-0.15, -0.1) is 0 Å². The van der Waals surface area contributed by atoms with Gasteiger partial charge < -0.3 is 0 Å². The fraction of sp³-hybridized carbons (Fsp3) is 0. The van der Waals surface area contributed by atoms with Crippen molar-refractivity contribution in [3.63, 3.8) is 0 Å². The summed E-state index contributed by atoms with van der Waals surface area (Å²) >= 11 is -1.62. The van der Waals surface area contributed by atoms with Gasteiger partial charge in [0.15, 0.2) is 0 Å². The van der Waals surface area contributed by atoms with Gasteiger partial charge in [-0.2, -0.15) is 0 Å². The Hall–Kier alpha value is -3.42. The van der Waals surface area contributed by atoms with E-state index in [-0.39, 0.29) is 0 Å². The molecule has 0 aliphatic carbocycles. The number of aliphatic imine (C=N–C) groups is 2. The van der Waals surface area contributed by atoms with Gasteiger partial charge in [0.2, 0.25) is 0 Å². The summed E-state index contributed by atoms with van der Waals surface area (Å²) in [5.41, 5.74) is 6.17. The first kappa shape index (κ1) is 28.1.